The van der Waals surface area contributed by atoms with Crippen LogP contribution in [0.5, 0.6) is 5.75 Å². The number of carbonyl (C=O) groups excluding carboxylic acids is 1. The Kier molecular flexibility index (Phi) is 4.79. The summed E-state index contributed by atoms with van der Waals surface area (Å²) in [5.74, 6) is 0.203. The molecule has 0 aliphatic heterocycles. The number of nitrogens with zero attached hydrogens (tertiary/aromatic N) is 2. The summed E-state index contributed by atoms with van der Waals surface area (Å²) >= 11 is 5.81. The zero-order valence-corrected chi connectivity index (χ0v) is 11.7. The molecule has 0 spiro atoms. The molecule has 104 valence electrons. The van der Waals surface area contributed by atoms with E-state index in [4.69, 9.17) is 16.3 Å². The number of carbonyl (C=O) groups is 1. The molecule has 2 rings (SSSR count). The predicted molar refractivity (Wildman–Crippen MR) is 78.1 cm³/mol. The number of benzene rings is 1. The van der Waals surface area contributed by atoms with Crippen molar-refractivity contribution in [2.45, 2.75) is 0 Å². The molecule has 20 heavy (non-hydrogen) atoms. The molecular formula is C14H14ClN3O2. The number of hydrogen-bond acceptors (Lipinski definition) is 3. The smallest absolute Gasteiger partial charge is 0.277 e. The largest absolute Gasteiger partial charge is 0.484 e. The van der Waals surface area contributed by atoms with Crippen LogP contribution in [0.2, 0.25) is 5.02 Å². The minimum absolute atomic E-state index is 0.120. The summed E-state index contributed by atoms with van der Waals surface area (Å²) in [6.07, 6.45) is 3.46. The second-order valence-electron chi connectivity index (χ2n) is 4.08. The molecule has 0 aliphatic carbocycles. The average molecular weight is 292 g/mol. The van der Waals surface area contributed by atoms with Crippen LogP contribution in [-0.2, 0) is 11.8 Å². The van der Waals surface area contributed by atoms with Gasteiger partial charge in [0, 0.05) is 18.3 Å². The molecule has 0 unspecified atom stereocenters. The first kappa shape index (κ1) is 14.1. The lowest BCUT2D eigenvalue weighted by molar-refractivity contribution is -0.123. The van der Waals surface area contributed by atoms with Crippen LogP contribution in [0.4, 0.5) is 0 Å². The molecule has 6 heteroatoms. The van der Waals surface area contributed by atoms with Gasteiger partial charge in [-0.1, -0.05) is 17.7 Å². The van der Waals surface area contributed by atoms with Crippen LogP contribution in [0.3, 0.4) is 0 Å². The maximum atomic E-state index is 11.5. The zero-order valence-electron chi connectivity index (χ0n) is 10.9. The molecular weight excluding hydrogens is 278 g/mol. The Morgan fingerprint density at radius 3 is 3.00 bits per heavy atom. The third-order valence-electron chi connectivity index (χ3n) is 2.54. The van der Waals surface area contributed by atoms with Crippen molar-refractivity contribution < 1.29 is 9.53 Å². The van der Waals surface area contributed by atoms with Crippen molar-refractivity contribution in [3.05, 3.63) is 53.3 Å². The third kappa shape index (κ3) is 4.13. The van der Waals surface area contributed by atoms with Crippen LogP contribution < -0.4 is 10.2 Å². The fraction of sp³-hybridized carbons (Fsp3) is 0.143. The van der Waals surface area contributed by atoms with Crippen LogP contribution >= 0.6 is 11.6 Å². The zero-order chi connectivity index (χ0) is 14.4. The van der Waals surface area contributed by atoms with Crippen LogP contribution in [0.15, 0.2) is 47.7 Å². The van der Waals surface area contributed by atoms with Crippen molar-refractivity contribution >= 4 is 23.7 Å². The lowest BCUT2D eigenvalue weighted by Gasteiger charge is -2.04. The van der Waals surface area contributed by atoms with Gasteiger partial charge in [-0.05, 0) is 30.3 Å². The Morgan fingerprint density at radius 1 is 1.45 bits per heavy atom. The summed E-state index contributed by atoms with van der Waals surface area (Å²) in [7, 11) is 1.89. The van der Waals surface area contributed by atoms with Crippen molar-refractivity contribution in [2.24, 2.45) is 12.1 Å². The van der Waals surface area contributed by atoms with Gasteiger partial charge in [0.2, 0.25) is 0 Å². The Bertz CT molecular complexity index is 622. The van der Waals surface area contributed by atoms with Crippen molar-refractivity contribution in [3.8, 4) is 5.75 Å². The molecule has 1 heterocycles. The Morgan fingerprint density at radius 2 is 2.30 bits per heavy atom. The fourth-order valence-corrected chi connectivity index (χ4v) is 1.70. The lowest BCUT2D eigenvalue weighted by Crippen LogP contribution is -2.24. The number of aromatic nitrogens is 1. The SMILES string of the molecule is Cn1cccc1/C=N/NC(=O)COc1cccc(Cl)c1. The average Bonchev–Trinajstić information content (AvgIpc) is 2.82. The molecule has 2 aromatic rings. The van der Waals surface area contributed by atoms with Gasteiger partial charge in [-0.3, -0.25) is 4.79 Å². The van der Waals surface area contributed by atoms with Crippen molar-refractivity contribution in [2.75, 3.05) is 6.61 Å². The molecule has 1 N–H and O–H groups in total. The molecule has 1 aromatic heterocycles. The van der Waals surface area contributed by atoms with Crippen molar-refractivity contribution in [3.63, 3.8) is 0 Å². The van der Waals surface area contributed by atoms with Gasteiger partial charge >= 0.3 is 0 Å². The van der Waals surface area contributed by atoms with Crippen molar-refractivity contribution in [1.29, 1.82) is 0 Å². The standard InChI is InChI=1S/C14H14ClN3O2/c1-18-7-3-5-12(18)9-16-17-14(19)10-20-13-6-2-4-11(15)8-13/h2-9H,10H2,1H3,(H,17,19)/b16-9+. The summed E-state index contributed by atoms with van der Waals surface area (Å²) in [5.41, 5.74) is 3.28. The maximum absolute atomic E-state index is 11.5. The van der Waals surface area contributed by atoms with E-state index in [-0.39, 0.29) is 12.5 Å². The first-order valence-electron chi connectivity index (χ1n) is 5.97. The first-order chi connectivity index (χ1) is 9.65. The Balaban J connectivity index is 1.79. The maximum Gasteiger partial charge on any atom is 0.277 e. The van der Waals surface area contributed by atoms with E-state index in [2.05, 4.69) is 10.5 Å². The molecule has 5 nitrogen and oxygen atoms in total. The number of amides is 1. The number of rotatable bonds is 5. The highest BCUT2D eigenvalue weighted by molar-refractivity contribution is 6.30. The monoisotopic (exact) mass is 291 g/mol. The number of hydrogen-bond donors (Lipinski definition) is 1. The van der Waals surface area contributed by atoms with E-state index in [9.17, 15) is 4.79 Å². The van der Waals surface area contributed by atoms with Gasteiger partial charge in [0.15, 0.2) is 6.61 Å². The van der Waals surface area contributed by atoms with Gasteiger partial charge < -0.3 is 9.30 Å². The molecule has 0 atom stereocenters. The first-order valence-corrected chi connectivity index (χ1v) is 6.34. The van der Waals surface area contributed by atoms with E-state index >= 15 is 0 Å². The van der Waals surface area contributed by atoms with Gasteiger partial charge in [-0.25, -0.2) is 5.43 Å². The highest BCUT2D eigenvalue weighted by Gasteiger charge is 2.01. The number of aryl methyl sites for hydroxylation is 1. The number of halogens is 1. The summed E-state index contributed by atoms with van der Waals surface area (Å²) < 4.78 is 7.17. The van der Waals surface area contributed by atoms with Gasteiger partial charge in [-0.15, -0.1) is 0 Å². The van der Waals surface area contributed by atoms with Crippen LogP contribution in [0.1, 0.15) is 5.69 Å². The van der Waals surface area contributed by atoms with Gasteiger partial charge in [0.25, 0.3) is 5.91 Å². The molecule has 0 fully saturated rings. The predicted octanol–water partition coefficient (Wildman–Crippen LogP) is 2.21. The normalized spacial score (nSPS) is 10.7. The minimum atomic E-state index is -0.338. The highest BCUT2D eigenvalue weighted by Crippen LogP contribution is 2.16. The summed E-state index contributed by atoms with van der Waals surface area (Å²) in [6.45, 7) is -0.120. The van der Waals surface area contributed by atoms with Crippen LogP contribution in [0.25, 0.3) is 0 Å². The molecule has 0 radical (unpaired) electrons. The Labute approximate surface area is 121 Å². The van der Waals surface area contributed by atoms with E-state index in [0.717, 1.165) is 5.69 Å². The highest BCUT2D eigenvalue weighted by atomic mass is 35.5. The van der Waals surface area contributed by atoms with Crippen LogP contribution in [0, 0.1) is 0 Å². The van der Waals surface area contributed by atoms with Gasteiger partial charge in [-0.2, -0.15) is 5.10 Å². The molecule has 0 saturated carbocycles. The van der Waals surface area contributed by atoms with E-state index in [1.54, 1.807) is 30.5 Å². The van der Waals surface area contributed by atoms with Gasteiger partial charge in [0.05, 0.1) is 11.9 Å². The summed E-state index contributed by atoms with van der Waals surface area (Å²) in [6, 6.07) is 10.6. The number of hydrazone groups is 1. The summed E-state index contributed by atoms with van der Waals surface area (Å²) in [5, 5.41) is 4.41. The third-order valence-corrected chi connectivity index (χ3v) is 2.77. The van der Waals surface area contributed by atoms with E-state index < -0.39 is 0 Å². The van der Waals surface area contributed by atoms with E-state index in [0.29, 0.717) is 10.8 Å². The molecule has 1 amide bonds. The Hall–Kier alpha value is -2.27. The van der Waals surface area contributed by atoms with Gasteiger partial charge in [0.1, 0.15) is 5.75 Å². The van der Waals surface area contributed by atoms with E-state index in [1.165, 1.54) is 0 Å². The minimum Gasteiger partial charge on any atom is -0.484 e. The fourth-order valence-electron chi connectivity index (χ4n) is 1.52. The second kappa shape index (κ2) is 6.77. The molecule has 0 bridgehead atoms. The molecule has 0 aliphatic rings. The van der Waals surface area contributed by atoms with Crippen molar-refractivity contribution in [1.82, 2.24) is 9.99 Å². The summed E-state index contributed by atoms with van der Waals surface area (Å²) in [4.78, 5) is 11.5. The molecule has 0 saturated heterocycles. The number of nitrogens with one attached hydrogen (secondary N) is 1. The topological polar surface area (TPSA) is 55.6 Å². The van der Waals surface area contributed by atoms with Crippen LogP contribution in [-0.4, -0.2) is 23.3 Å². The quantitative estimate of drug-likeness (QED) is 0.678. The number of ether oxygens (including phenoxy) is 1. The second-order valence-corrected chi connectivity index (χ2v) is 4.52. The molecule has 1 aromatic carbocycles. The lowest BCUT2D eigenvalue weighted by atomic mass is 10.3. The van der Waals surface area contributed by atoms with E-state index in [1.807, 2.05) is 29.9 Å².